The van der Waals surface area contributed by atoms with Crippen LogP contribution < -0.4 is 5.69 Å². The van der Waals surface area contributed by atoms with Gasteiger partial charge in [-0.05, 0) is 24.5 Å². The molecule has 2 rings (SSSR count). The molecular weight excluding hydrogens is 340 g/mol. The number of ether oxygens (including phenoxy) is 1. The molecule has 0 aliphatic heterocycles. The molecule has 0 aromatic carbocycles. The highest BCUT2D eigenvalue weighted by molar-refractivity contribution is 8.02. The predicted molar refractivity (Wildman–Crippen MR) is 94.1 cm³/mol. The fraction of sp³-hybridized carbons (Fsp3) is 0.529. The van der Waals surface area contributed by atoms with Crippen LogP contribution in [0, 0.1) is 47.8 Å². The average Bonchev–Trinajstić information content (AvgIpc) is 3.01. The first-order chi connectivity index (χ1) is 11.8. The van der Waals surface area contributed by atoms with Gasteiger partial charge in [-0.3, -0.25) is 9.36 Å². The third-order valence-corrected chi connectivity index (χ3v) is 5.18. The van der Waals surface area contributed by atoms with E-state index >= 15 is 0 Å². The minimum absolute atomic E-state index is 0.0560. The van der Waals surface area contributed by atoms with E-state index in [0.717, 1.165) is 4.68 Å². The third kappa shape index (κ3) is 3.64. The van der Waals surface area contributed by atoms with E-state index in [1.807, 2.05) is 26.2 Å². The minimum atomic E-state index is -0.413. The summed E-state index contributed by atoms with van der Waals surface area (Å²) in [6, 6.07) is 2.10. The van der Waals surface area contributed by atoms with Crippen LogP contribution in [0.1, 0.15) is 19.7 Å². The molecule has 1 aromatic rings. The Morgan fingerprint density at radius 2 is 2.24 bits per heavy atom. The summed E-state index contributed by atoms with van der Waals surface area (Å²) in [4.78, 5) is 25.1. The number of carbonyl (C=O) groups is 1. The molecule has 2 atom stereocenters. The second kappa shape index (κ2) is 7.20. The van der Waals surface area contributed by atoms with Crippen molar-refractivity contribution in [2.24, 2.45) is 17.3 Å². The van der Waals surface area contributed by atoms with Gasteiger partial charge in [0.1, 0.15) is 11.9 Å². The van der Waals surface area contributed by atoms with Crippen molar-refractivity contribution in [3.63, 3.8) is 0 Å². The molecule has 0 N–H and O–H groups in total. The minimum Gasteiger partial charge on any atom is -0.442 e. The second-order valence-electron chi connectivity index (χ2n) is 6.38. The molecule has 1 saturated carbocycles. The number of nitriles is 1. The summed E-state index contributed by atoms with van der Waals surface area (Å²) in [7, 11) is 0. The van der Waals surface area contributed by atoms with Crippen LogP contribution in [0.15, 0.2) is 15.8 Å². The Kier molecular flexibility index (Phi) is 5.44. The van der Waals surface area contributed by atoms with Gasteiger partial charge in [-0.2, -0.15) is 15.0 Å². The first kappa shape index (κ1) is 18.9. The molecule has 8 heteroatoms. The molecule has 0 amide bonds. The number of esters is 1. The highest BCUT2D eigenvalue weighted by Gasteiger charge is 2.61. The van der Waals surface area contributed by atoms with E-state index in [1.165, 1.54) is 16.3 Å². The first-order valence-electron chi connectivity index (χ1n) is 7.68. The van der Waals surface area contributed by atoms with E-state index in [1.54, 1.807) is 6.92 Å². The van der Waals surface area contributed by atoms with Gasteiger partial charge in [-0.15, -0.1) is 18.2 Å². The van der Waals surface area contributed by atoms with Gasteiger partial charge in [-0.25, -0.2) is 4.79 Å². The van der Waals surface area contributed by atoms with Crippen LogP contribution in [0.5, 0.6) is 0 Å². The largest absolute Gasteiger partial charge is 0.442 e. The summed E-state index contributed by atoms with van der Waals surface area (Å²) in [5, 5.41) is 13.1. The molecule has 1 aliphatic carbocycles. The normalized spacial score (nSPS) is 21.3. The smallest absolute Gasteiger partial charge is 0.349 e. The maximum atomic E-state index is 12.4. The van der Waals surface area contributed by atoms with Crippen molar-refractivity contribution in [1.82, 2.24) is 14.3 Å². The Bertz CT molecular complexity index is 851. The molecule has 132 valence electrons. The quantitative estimate of drug-likeness (QED) is 0.434. The Labute approximate surface area is 150 Å². The Morgan fingerprint density at radius 1 is 1.56 bits per heavy atom. The molecule has 7 nitrogen and oxygen atoms in total. The summed E-state index contributed by atoms with van der Waals surface area (Å²) in [5.41, 5.74) is -0.692. The van der Waals surface area contributed by atoms with E-state index in [0.29, 0.717) is 10.7 Å². The van der Waals surface area contributed by atoms with Crippen LogP contribution in [0.4, 0.5) is 0 Å². The Hall–Kier alpha value is -2.45. The van der Waals surface area contributed by atoms with E-state index in [4.69, 9.17) is 16.4 Å². The number of nitrogens with zero attached hydrogens (tertiary/aromatic N) is 4. The van der Waals surface area contributed by atoms with Gasteiger partial charge in [0.15, 0.2) is 6.73 Å². The van der Waals surface area contributed by atoms with Crippen molar-refractivity contribution < 1.29 is 9.53 Å². The summed E-state index contributed by atoms with van der Waals surface area (Å²) in [6.45, 7) is 5.42. The summed E-state index contributed by atoms with van der Waals surface area (Å²) in [5.74, 6) is 2.05. The number of hydrogen-bond donors (Lipinski definition) is 0. The summed E-state index contributed by atoms with van der Waals surface area (Å²) >= 11 is 1.35. The maximum Gasteiger partial charge on any atom is 0.349 e. The first-order valence-corrected chi connectivity index (χ1v) is 8.90. The Balaban J connectivity index is 2.06. The van der Waals surface area contributed by atoms with E-state index in [-0.39, 0.29) is 30.5 Å². The molecule has 1 heterocycles. The monoisotopic (exact) mass is 360 g/mol. The summed E-state index contributed by atoms with van der Waals surface area (Å²) in [6.07, 6.45) is 8.86. The predicted octanol–water partition coefficient (Wildman–Crippen LogP) is 1.53. The molecular formula is C17H20N4O3S. The molecule has 1 aromatic heterocycles. The summed E-state index contributed by atoms with van der Waals surface area (Å²) < 4.78 is 7.68. The zero-order valence-corrected chi connectivity index (χ0v) is 15.5. The van der Waals surface area contributed by atoms with Crippen LogP contribution in [-0.4, -0.2) is 26.6 Å². The number of allylic oxidation sites excluding steroid dienone is 2. The lowest BCUT2D eigenvalue weighted by atomic mass is 10.1. The fourth-order valence-electron chi connectivity index (χ4n) is 2.87. The van der Waals surface area contributed by atoms with Crippen molar-refractivity contribution in [1.29, 1.82) is 5.26 Å². The molecule has 0 radical (unpaired) electrons. The van der Waals surface area contributed by atoms with Gasteiger partial charge in [-0.1, -0.05) is 25.8 Å². The Morgan fingerprint density at radius 3 is 2.80 bits per heavy atom. The number of hydrogen-bond acceptors (Lipinski definition) is 6. The zero-order chi connectivity index (χ0) is 18.8. The highest BCUT2D eigenvalue weighted by Crippen LogP contribution is 2.60. The zero-order valence-electron chi connectivity index (χ0n) is 14.6. The molecule has 0 bridgehead atoms. The van der Waals surface area contributed by atoms with Crippen LogP contribution >= 0.6 is 11.8 Å². The molecule has 0 spiro atoms. The number of aryl methyl sites for hydroxylation is 1. The maximum absolute atomic E-state index is 12.4. The van der Waals surface area contributed by atoms with Crippen LogP contribution in [0.3, 0.4) is 0 Å². The molecule has 25 heavy (non-hydrogen) atoms. The third-order valence-electron chi connectivity index (χ3n) is 4.51. The van der Waals surface area contributed by atoms with Gasteiger partial charge >= 0.3 is 11.7 Å². The van der Waals surface area contributed by atoms with Crippen molar-refractivity contribution >= 4 is 17.7 Å². The lowest BCUT2D eigenvalue weighted by Gasteiger charge is -2.04. The second-order valence-corrected chi connectivity index (χ2v) is 7.23. The SMILES string of the molecule is C#CCn1c(C)nn(COC(=O)[C@@H]2[C@@H](C=C(C#N)SC)C2(C)C)c1=O. The van der Waals surface area contributed by atoms with Gasteiger partial charge in [0.25, 0.3) is 0 Å². The molecule has 0 unspecified atom stereocenters. The molecule has 1 fully saturated rings. The van der Waals surface area contributed by atoms with Crippen LogP contribution in [-0.2, 0) is 22.8 Å². The number of rotatable bonds is 6. The van der Waals surface area contributed by atoms with E-state index in [2.05, 4.69) is 17.1 Å². The van der Waals surface area contributed by atoms with Crippen LogP contribution in [0.2, 0.25) is 0 Å². The number of carbonyl (C=O) groups excluding carboxylic acids is 1. The van der Waals surface area contributed by atoms with Crippen molar-refractivity contribution in [2.45, 2.75) is 34.0 Å². The fourth-order valence-corrected chi connectivity index (χ4v) is 3.25. The van der Waals surface area contributed by atoms with Gasteiger partial charge in [0.05, 0.1) is 17.4 Å². The van der Waals surface area contributed by atoms with Gasteiger partial charge in [0.2, 0.25) is 0 Å². The standard InChI is InChI=1S/C17H20N4O3S/c1-6-7-20-11(2)19-21(16(20)23)10-24-15(22)14-13(17(14,3)4)8-12(9-18)25-5/h1,8,13-14H,7,10H2,2-5H3/t13-,14+/m1/s1. The lowest BCUT2D eigenvalue weighted by Crippen LogP contribution is -2.27. The lowest BCUT2D eigenvalue weighted by molar-refractivity contribution is -0.150. The van der Waals surface area contributed by atoms with Crippen molar-refractivity contribution in [3.8, 4) is 18.4 Å². The number of aromatic nitrogens is 3. The highest BCUT2D eigenvalue weighted by atomic mass is 32.2. The topological polar surface area (TPSA) is 89.9 Å². The van der Waals surface area contributed by atoms with Gasteiger partial charge in [0, 0.05) is 0 Å². The van der Waals surface area contributed by atoms with Gasteiger partial charge < -0.3 is 4.74 Å². The van der Waals surface area contributed by atoms with Crippen molar-refractivity contribution in [3.05, 3.63) is 27.3 Å². The number of thioether (sulfide) groups is 1. The van der Waals surface area contributed by atoms with Crippen LogP contribution in [0.25, 0.3) is 0 Å². The molecule has 0 saturated heterocycles. The number of terminal acetylenes is 1. The van der Waals surface area contributed by atoms with Crippen molar-refractivity contribution in [2.75, 3.05) is 6.26 Å². The van der Waals surface area contributed by atoms with E-state index in [9.17, 15) is 9.59 Å². The van der Waals surface area contributed by atoms with E-state index < -0.39 is 11.7 Å². The average molecular weight is 360 g/mol. The molecule has 1 aliphatic rings.